The molecular weight excluding hydrogens is 449 g/mol. The van der Waals surface area contributed by atoms with E-state index in [-0.39, 0.29) is 38.9 Å². The van der Waals surface area contributed by atoms with Crippen LogP contribution in [0, 0.1) is 0 Å². The zero-order valence-electron chi connectivity index (χ0n) is 15.2. The highest BCUT2D eigenvalue weighted by Crippen LogP contribution is 2.32. The van der Waals surface area contributed by atoms with Crippen LogP contribution < -0.4 is 9.46 Å². The second-order valence-corrected chi connectivity index (χ2v) is 8.47. The molecule has 0 aliphatic rings. The monoisotopic (exact) mass is 461 g/mol. The third-order valence-electron chi connectivity index (χ3n) is 3.94. The molecule has 0 amide bonds. The zero-order valence-corrected chi connectivity index (χ0v) is 17.5. The van der Waals surface area contributed by atoms with Crippen LogP contribution in [0.15, 0.2) is 66.0 Å². The first-order valence-corrected chi connectivity index (χ1v) is 10.8. The second-order valence-electron chi connectivity index (χ2n) is 6.03. The number of rotatable bonds is 6. The first-order valence-electron chi connectivity index (χ1n) is 8.55. The first-order chi connectivity index (χ1) is 14.4. The summed E-state index contributed by atoms with van der Waals surface area (Å²) in [5.74, 6) is -0.137. The molecule has 4 aromatic rings. The van der Waals surface area contributed by atoms with Crippen molar-refractivity contribution in [1.82, 2.24) is 19.9 Å². The van der Waals surface area contributed by atoms with E-state index in [2.05, 4.69) is 24.7 Å². The Morgan fingerprint density at radius 1 is 1.00 bits per heavy atom. The van der Waals surface area contributed by atoms with Crippen molar-refractivity contribution in [3.63, 3.8) is 0 Å². The molecule has 0 spiro atoms. The van der Waals surface area contributed by atoms with Gasteiger partial charge in [0.1, 0.15) is 17.0 Å². The van der Waals surface area contributed by atoms with Gasteiger partial charge in [0.05, 0.1) is 10.0 Å². The van der Waals surface area contributed by atoms with Gasteiger partial charge in [0.2, 0.25) is 5.82 Å². The second kappa shape index (κ2) is 8.39. The third kappa shape index (κ3) is 4.28. The van der Waals surface area contributed by atoms with Crippen LogP contribution in [0.5, 0.6) is 5.88 Å². The minimum atomic E-state index is -4.13. The van der Waals surface area contributed by atoms with Gasteiger partial charge in [0.25, 0.3) is 15.9 Å². The molecule has 0 unspecified atom stereocenters. The molecule has 0 aliphatic carbocycles. The van der Waals surface area contributed by atoms with Crippen LogP contribution in [0.1, 0.15) is 5.56 Å². The molecule has 11 heteroatoms. The van der Waals surface area contributed by atoms with Crippen molar-refractivity contribution in [2.45, 2.75) is 11.5 Å². The number of hydrogen-bond acceptors (Lipinski definition) is 7. The van der Waals surface area contributed by atoms with E-state index in [9.17, 15) is 8.42 Å². The van der Waals surface area contributed by atoms with Crippen molar-refractivity contribution < 1.29 is 13.2 Å². The fourth-order valence-corrected chi connectivity index (χ4v) is 4.32. The Kier molecular flexibility index (Phi) is 5.67. The molecule has 0 radical (unpaired) electrons. The highest BCUT2D eigenvalue weighted by molar-refractivity contribution is 7.92. The number of nitrogens with one attached hydrogen (secondary N) is 1. The quantitative estimate of drug-likeness (QED) is 0.460. The van der Waals surface area contributed by atoms with Crippen LogP contribution in [0.25, 0.3) is 11.2 Å². The third-order valence-corrected chi connectivity index (χ3v) is 6.26. The average Bonchev–Trinajstić information content (AvgIpc) is 2.74. The summed E-state index contributed by atoms with van der Waals surface area (Å²) < 4.78 is 34.0. The van der Waals surface area contributed by atoms with E-state index in [4.69, 9.17) is 27.9 Å². The average molecular weight is 462 g/mol. The van der Waals surface area contributed by atoms with Gasteiger partial charge in [-0.2, -0.15) is 0 Å². The molecule has 0 bridgehead atoms. The Morgan fingerprint density at radius 3 is 2.63 bits per heavy atom. The maximum absolute atomic E-state index is 12.9. The predicted octanol–water partition coefficient (Wildman–Crippen LogP) is 4.11. The SMILES string of the molecule is O=S(=O)(Nc1nc2ncccc2nc1OCc1cccnc1)c1cccc(Cl)c1Cl. The molecule has 0 atom stereocenters. The topological polar surface area (TPSA) is 107 Å². The summed E-state index contributed by atoms with van der Waals surface area (Å²) in [7, 11) is -4.13. The number of halogens is 2. The lowest BCUT2D eigenvalue weighted by molar-refractivity contribution is 0.295. The number of aromatic nitrogens is 4. The van der Waals surface area contributed by atoms with Gasteiger partial charge >= 0.3 is 0 Å². The Hall–Kier alpha value is -3.01. The lowest BCUT2D eigenvalue weighted by Gasteiger charge is -2.13. The number of sulfonamides is 1. The predicted molar refractivity (Wildman–Crippen MR) is 113 cm³/mol. The molecule has 1 aromatic carbocycles. The summed E-state index contributed by atoms with van der Waals surface area (Å²) >= 11 is 12.0. The molecule has 3 heterocycles. The van der Waals surface area contributed by atoms with E-state index in [0.29, 0.717) is 5.52 Å². The van der Waals surface area contributed by atoms with E-state index < -0.39 is 10.0 Å². The summed E-state index contributed by atoms with van der Waals surface area (Å²) in [4.78, 5) is 16.6. The van der Waals surface area contributed by atoms with E-state index >= 15 is 0 Å². The number of anilines is 1. The molecule has 30 heavy (non-hydrogen) atoms. The Bertz CT molecular complexity index is 1320. The van der Waals surface area contributed by atoms with Gasteiger partial charge in [-0.15, -0.1) is 0 Å². The number of hydrogen-bond donors (Lipinski definition) is 1. The normalized spacial score (nSPS) is 11.4. The van der Waals surface area contributed by atoms with E-state index in [1.54, 1.807) is 30.6 Å². The van der Waals surface area contributed by atoms with Crippen molar-refractivity contribution >= 4 is 50.2 Å². The highest BCUT2D eigenvalue weighted by Gasteiger charge is 2.23. The van der Waals surface area contributed by atoms with Gasteiger partial charge in [-0.05, 0) is 30.3 Å². The summed E-state index contributed by atoms with van der Waals surface area (Å²) in [6.07, 6.45) is 4.80. The fraction of sp³-hybridized carbons (Fsp3) is 0.0526. The highest BCUT2D eigenvalue weighted by atomic mass is 35.5. The molecular formula is C19H13Cl2N5O3S. The molecule has 1 N–H and O–H groups in total. The zero-order chi connectivity index (χ0) is 21.1. The molecule has 0 fully saturated rings. The molecule has 152 valence electrons. The van der Waals surface area contributed by atoms with Crippen molar-refractivity contribution in [2.75, 3.05) is 4.72 Å². The minimum absolute atomic E-state index is 0.0129. The summed E-state index contributed by atoms with van der Waals surface area (Å²) in [6, 6.07) is 11.3. The maximum atomic E-state index is 12.9. The number of ether oxygens (including phenoxy) is 1. The number of nitrogens with zero attached hydrogens (tertiary/aromatic N) is 4. The smallest absolute Gasteiger partial charge is 0.264 e. The fourth-order valence-electron chi connectivity index (χ4n) is 2.55. The van der Waals surface area contributed by atoms with Crippen molar-refractivity contribution in [2.24, 2.45) is 0 Å². The standard InChI is InChI=1S/C19H13Cl2N5O3S/c20-13-5-1-7-15(16(13)21)30(27,28)26-18-19(29-11-12-4-2-8-22-10-12)24-14-6-3-9-23-17(14)25-18/h1-10H,11H2,(H,23,25,26). The van der Waals surface area contributed by atoms with Crippen LogP contribution in [0.3, 0.4) is 0 Å². The lowest BCUT2D eigenvalue weighted by atomic mass is 10.3. The van der Waals surface area contributed by atoms with Crippen molar-refractivity contribution in [3.05, 3.63) is 76.7 Å². The number of fused-ring (bicyclic) bond motifs is 1. The van der Waals surface area contributed by atoms with E-state index in [1.807, 2.05) is 6.07 Å². The van der Waals surface area contributed by atoms with Gasteiger partial charge in [-0.25, -0.2) is 23.4 Å². The molecule has 0 saturated heterocycles. The van der Waals surface area contributed by atoms with Gasteiger partial charge in [-0.3, -0.25) is 9.71 Å². The van der Waals surface area contributed by atoms with E-state index in [0.717, 1.165) is 5.56 Å². The number of benzene rings is 1. The summed E-state index contributed by atoms with van der Waals surface area (Å²) in [6.45, 7) is 0.112. The minimum Gasteiger partial charge on any atom is -0.470 e. The van der Waals surface area contributed by atoms with Gasteiger partial charge in [0, 0.05) is 24.2 Å². The van der Waals surface area contributed by atoms with Crippen LogP contribution in [-0.4, -0.2) is 28.4 Å². The lowest BCUT2D eigenvalue weighted by Crippen LogP contribution is -2.16. The number of pyridine rings is 2. The molecule has 0 saturated carbocycles. The first kappa shape index (κ1) is 20.3. The van der Waals surface area contributed by atoms with Crippen molar-refractivity contribution in [3.8, 4) is 5.88 Å². The summed E-state index contributed by atoms with van der Waals surface area (Å²) in [5.41, 5.74) is 1.47. The van der Waals surface area contributed by atoms with Crippen LogP contribution in [-0.2, 0) is 16.6 Å². The Balaban J connectivity index is 1.73. The van der Waals surface area contributed by atoms with Gasteiger partial charge in [0.15, 0.2) is 5.65 Å². The molecule has 4 rings (SSSR count). The van der Waals surface area contributed by atoms with Crippen molar-refractivity contribution in [1.29, 1.82) is 0 Å². The van der Waals surface area contributed by atoms with Crippen LogP contribution >= 0.6 is 23.2 Å². The van der Waals surface area contributed by atoms with Gasteiger partial charge < -0.3 is 4.74 Å². The molecule has 8 nitrogen and oxygen atoms in total. The Morgan fingerprint density at radius 2 is 1.83 bits per heavy atom. The van der Waals surface area contributed by atoms with E-state index in [1.165, 1.54) is 24.4 Å². The molecule has 0 aliphatic heterocycles. The summed E-state index contributed by atoms with van der Waals surface area (Å²) in [5, 5.41) is 0.00947. The largest absolute Gasteiger partial charge is 0.470 e. The van der Waals surface area contributed by atoms with Crippen LogP contribution in [0.2, 0.25) is 10.0 Å². The maximum Gasteiger partial charge on any atom is 0.264 e. The molecule has 3 aromatic heterocycles. The van der Waals surface area contributed by atoms with Gasteiger partial charge in [-0.1, -0.05) is 35.3 Å². The Labute approximate surface area is 182 Å². The van der Waals surface area contributed by atoms with Crippen LogP contribution in [0.4, 0.5) is 5.82 Å².